The highest BCUT2D eigenvalue weighted by atomic mass is 19.1. The Morgan fingerprint density at radius 2 is 1.68 bits per heavy atom. The monoisotopic (exact) mass is 415 g/mol. The fourth-order valence-electron chi connectivity index (χ4n) is 2.87. The van der Waals surface area contributed by atoms with Gasteiger partial charge in [0.2, 0.25) is 5.96 Å². The largest absolute Gasteiger partial charge is 0.497 e. The first kappa shape index (κ1) is 21.6. The Balaban J connectivity index is 1.94. The normalized spacial score (nSPS) is 11.8. The molecule has 5 nitrogen and oxygen atoms in total. The van der Waals surface area contributed by atoms with Crippen LogP contribution in [0.15, 0.2) is 83.9 Å². The Morgan fingerprint density at radius 1 is 1.03 bits per heavy atom. The first-order valence-electron chi connectivity index (χ1n) is 9.56. The lowest BCUT2D eigenvalue weighted by Crippen LogP contribution is -2.37. The zero-order valence-corrected chi connectivity index (χ0v) is 17.2. The highest BCUT2D eigenvalue weighted by Gasteiger charge is 2.19. The van der Waals surface area contributed by atoms with Crippen LogP contribution in [0.25, 0.3) is 0 Å². The number of aliphatic imine (C=N–C) groups is 1. The van der Waals surface area contributed by atoms with Crippen molar-refractivity contribution in [1.29, 1.82) is 0 Å². The van der Waals surface area contributed by atoms with Crippen molar-refractivity contribution >= 4 is 11.9 Å². The Labute approximate surface area is 181 Å². The summed E-state index contributed by atoms with van der Waals surface area (Å²) in [4.78, 5) is 17.9. The van der Waals surface area contributed by atoms with Gasteiger partial charge >= 0.3 is 0 Å². The molecule has 1 atom stereocenters. The molecule has 0 aliphatic carbocycles. The predicted octanol–water partition coefficient (Wildman–Crippen LogP) is 4.01. The van der Waals surface area contributed by atoms with E-state index in [9.17, 15) is 9.18 Å². The van der Waals surface area contributed by atoms with Gasteiger partial charge in [0.1, 0.15) is 17.6 Å². The molecule has 1 amide bonds. The van der Waals surface area contributed by atoms with Crippen LogP contribution in [0, 0.1) is 17.7 Å². The average Bonchev–Trinajstić information content (AvgIpc) is 2.80. The van der Waals surface area contributed by atoms with Crippen LogP contribution >= 0.6 is 0 Å². The van der Waals surface area contributed by atoms with Gasteiger partial charge in [0, 0.05) is 12.6 Å². The molecule has 2 N–H and O–H groups in total. The second kappa shape index (κ2) is 10.1. The van der Waals surface area contributed by atoms with Crippen molar-refractivity contribution < 1.29 is 13.9 Å². The number of methoxy groups -OCH3 is 1. The van der Waals surface area contributed by atoms with Crippen molar-refractivity contribution in [2.45, 2.75) is 6.04 Å². The van der Waals surface area contributed by atoms with E-state index in [-0.39, 0.29) is 11.5 Å². The number of carbonyl (C=O) groups excluding carboxylic acids is 1. The Hall–Kier alpha value is -4.11. The molecule has 0 aliphatic rings. The number of nitrogens with zero attached hydrogens (tertiary/aromatic N) is 2. The fraction of sp³-hybridized carbons (Fsp3) is 0.120. The molecule has 0 bridgehead atoms. The minimum Gasteiger partial charge on any atom is -0.497 e. The van der Waals surface area contributed by atoms with Gasteiger partial charge in [-0.15, -0.1) is 0 Å². The van der Waals surface area contributed by atoms with Gasteiger partial charge in [0.15, 0.2) is 0 Å². The predicted molar refractivity (Wildman–Crippen MR) is 119 cm³/mol. The van der Waals surface area contributed by atoms with Crippen LogP contribution in [0.5, 0.6) is 5.75 Å². The third-order valence-corrected chi connectivity index (χ3v) is 4.63. The van der Waals surface area contributed by atoms with Crippen molar-refractivity contribution in [2.75, 3.05) is 14.2 Å². The number of amides is 1. The summed E-state index contributed by atoms with van der Waals surface area (Å²) >= 11 is 0. The molecule has 3 aromatic carbocycles. The number of hydrogen-bond donors (Lipinski definition) is 1. The molecule has 0 spiro atoms. The smallest absolute Gasteiger partial charge is 0.283 e. The van der Waals surface area contributed by atoms with Gasteiger partial charge in [-0.1, -0.05) is 54.3 Å². The number of benzene rings is 3. The van der Waals surface area contributed by atoms with Gasteiger partial charge < -0.3 is 15.4 Å². The van der Waals surface area contributed by atoms with Crippen molar-refractivity contribution in [3.63, 3.8) is 0 Å². The molecule has 31 heavy (non-hydrogen) atoms. The maximum Gasteiger partial charge on any atom is 0.283 e. The first-order chi connectivity index (χ1) is 15.0. The quantitative estimate of drug-likeness (QED) is 0.397. The minimum absolute atomic E-state index is 0.0727. The fourth-order valence-corrected chi connectivity index (χ4v) is 2.87. The number of halogens is 1. The van der Waals surface area contributed by atoms with Gasteiger partial charge in [-0.3, -0.25) is 4.79 Å². The molecule has 1 unspecified atom stereocenters. The maximum absolute atomic E-state index is 13.9. The lowest BCUT2D eigenvalue weighted by Gasteiger charge is -2.25. The number of rotatable bonds is 4. The maximum atomic E-state index is 13.9. The molecule has 3 aromatic rings. The number of guanidine groups is 1. The van der Waals surface area contributed by atoms with E-state index in [2.05, 4.69) is 16.8 Å². The van der Waals surface area contributed by atoms with E-state index in [0.717, 1.165) is 11.1 Å². The molecule has 6 heteroatoms. The van der Waals surface area contributed by atoms with Crippen LogP contribution in [0.1, 0.15) is 27.5 Å². The van der Waals surface area contributed by atoms with Crippen molar-refractivity contribution in [2.24, 2.45) is 10.7 Å². The molecular formula is C25H22FN3O2. The summed E-state index contributed by atoms with van der Waals surface area (Å²) < 4.78 is 19.1. The van der Waals surface area contributed by atoms with Gasteiger partial charge in [0.05, 0.1) is 12.7 Å². The van der Waals surface area contributed by atoms with Crippen molar-refractivity contribution in [1.82, 2.24) is 4.90 Å². The summed E-state index contributed by atoms with van der Waals surface area (Å²) in [6.45, 7) is 0. The zero-order valence-electron chi connectivity index (χ0n) is 17.2. The van der Waals surface area contributed by atoms with Gasteiger partial charge in [-0.25, -0.2) is 4.39 Å². The Kier molecular flexibility index (Phi) is 7.02. The molecule has 0 radical (unpaired) electrons. The topological polar surface area (TPSA) is 67.9 Å². The molecule has 0 saturated heterocycles. The molecule has 0 fully saturated rings. The van der Waals surface area contributed by atoms with Crippen LogP contribution in [0.4, 0.5) is 4.39 Å². The molecule has 0 aliphatic heterocycles. The molecule has 156 valence electrons. The third kappa shape index (κ3) is 5.49. The van der Waals surface area contributed by atoms with Crippen LogP contribution in [0.3, 0.4) is 0 Å². The summed E-state index contributed by atoms with van der Waals surface area (Å²) in [5, 5.41) is 0. The van der Waals surface area contributed by atoms with Crippen LogP contribution in [0.2, 0.25) is 0 Å². The van der Waals surface area contributed by atoms with E-state index in [1.54, 1.807) is 25.1 Å². The van der Waals surface area contributed by atoms with Crippen LogP contribution < -0.4 is 10.5 Å². The van der Waals surface area contributed by atoms with Crippen molar-refractivity contribution in [3.8, 4) is 17.6 Å². The summed E-state index contributed by atoms with van der Waals surface area (Å²) in [7, 11) is 3.27. The van der Waals surface area contributed by atoms with Gasteiger partial charge in [-0.2, -0.15) is 4.99 Å². The third-order valence-electron chi connectivity index (χ3n) is 4.63. The highest BCUT2D eigenvalue weighted by Crippen LogP contribution is 2.22. The molecule has 0 heterocycles. The summed E-state index contributed by atoms with van der Waals surface area (Å²) in [6.07, 6.45) is 0. The molecular weight excluding hydrogens is 393 g/mol. The van der Waals surface area contributed by atoms with Gasteiger partial charge in [-0.05, 0) is 42.0 Å². The average molecular weight is 415 g/mol. The number of carbonyl (C=O) groups is 1. The van der Waals surface area contributed by atoms with E-state index >= 15 is 0 Å². The lowest BCUT2D eigenvalue weighted by molar-refractivity contribution is 0.0997. The van der Waals surface area contributed by atoms with Crippen molar-refractivity contribution in [3.05, 3.63) is 101 Å². The van der Waals surface area contributed by atoms with E-state index in [4.69, 9.17) is 10.5 Å². The van der Waals surface area contributed by atoms with E-state index < -0.39 is 17.8 Å². The van der Waals surface area contributed by atoms with Crippen LogP contribution in [-0.4, -0.2) is 30.9 Å². The lowest BCUT2D eigenvalue weighted by atomic mass is 10.1. The van der Waals surface area contributed by atoms with E-state index in [1.165, 1.54) is 18.2 Å². The molecule has 0 aromatic heterocycles. The summed E-state index contributed by atoms with van der Waals surface area (Å²) in [6, 6.07) is 22.0. The van der Waals surface area contributed by atoms with Gasteiger partial charge in [0.25, 0.3) is 5.91 Å². The van der Waals surface area contributed by atoms with Crippen LogP contribution in [-0.2, 0) is 0 Å². The SMILES string of the molecule is COc1ccc(C(C#Cc2ccccc2)N(C)/C(N)=N/C(=O)c2ccccc2F)cc1. The first-order valence-corrected chi connectivity index (χ1v) is 9.56. The number of hydrogen-bond acceptors (Lipinski definition) is 2. The number of nitrogens with two attached hydrogens (primary N) is 1. The number of ether oxygens (including phenoxy) is 1. The second-order valence-electron chi connectivity index (χ2n) is 6.68. The van der Waals surface area contributed by atoms with E-state index in [0.29, 0.717) is 5.75 Å². The highest BCUT2D eigenvalue weighted by molar-refractivity contribution is 6.02. The molecule has 0 saturated carbocycles. The summed E-state index contributed by atoms with van der Waals surface area (Å²) in [5.41, 5.74) is 7.64. The summed E-state index contributed by atoms with van der Waals surface area (Å²) in [5.74, 6) is 5.53. The Bertz CT molecular complexity index is 1130. The molecule has 3 rings (SSSR count). The second-order valence-corrected chi connectivity index (χ2v) is 6.68. The van der Waals surface area contributed by atoms with E-state index in [1.807, 2.05) is 54.6 Å². The Morgan fingerprint density at radius 3 is 2.32 bits per heavy atom. The minimum atomic E-state index is -0.757. The zero-order chi connectivity index (χ0) is 22.2. The standard InChI is InChI=1S/C25H22FN3O2/c1-29(25(27)28-24(30)21-10-6-7-11-22(21)26)23(17-12-18-8-4-3-5-9-18)19-13-15-20(31-2)16-14-19/h3-11,13-16,23H,1-2H3,(H2,27,28,30).